The second-order valence-electron chi connectivity index (χ2n) is 3.54. The third-order valence-electron chi connectivity index (χ3n) is 2.21. The summed E-state index contributed by atoms with van der Waals surface area (Å²) in [6.07, 6.45) is 3.27. The fourth-order valence-corrected chi connectivity index (χ4v) is 1.30. The summed E-state index contributed by atoms with van der Waals surface area (Å²) >= 11 is 0. The summed E-state index contributed by atoms with van der Waals surface area (Å²) in [5.74, 6) is 1.33. The molecule has 7 nitrogen and oxygen atoms in total. The highest BCUT2D eigenvalue weighted by Gasteiger charge is 2.01. The molecule has 18 heavy (non-hydrogen) atoms. The van der Waals surface area contributed by atoms with E-state index in [1.54, 1.807) is 0 Å². The van der Waals surface area contributed by atoms with Crippen LogP contribution in [-0.4, -0.2) is 30.6 Å². The first-order valence-corrected chi connectivity index (χ1v) is 5.81. The van der Waals surface area contributed by atoms with Crippen molar-refractivity contribution in [2.45, 2.75) is 20.4 Å². The molecule has 0 atom stereocenters. The van der Waals surface area contributed by atoms with Gasteiger partial charge in [-0.25, -0.2) is 4.98 Å². The van der Waals surface area contributed by atoms with Crippen LogP contribution >= 0.6 is 0 Å². The molecule has 1 aromatic rings. The van der Waals surface area contributed by atoms with Crippen molar-refractivity contribution in [1.29, 1.82) is 5.26 Å². The first-order chi connectivity index (χ1) is 8.77. The Kier molecular flexibility index (Phi) is 6.28. The number of guanidine groups is 1. The molecule has 0 saturated carbocycles. The van der Waals surface area contributed by atoms with Gasteiger partial charge in [0.15, 0.2) is 12.6 Å². The van der Waals surface area contributed by atoms with Crippen molar-refractivity contribution in [3.05, 3.63) is 17.8 Å². The molecule has 0 saturated heterocycles. The number of nitrogens with one attached hydrogen (secondary N) is 3. The van der Waals surface area contributed by atoms with Gasteiger partial charge in [-0.15, -0.1) is 0 Å². The largest absolute Gasteiger partial charge is 0.447 e. The van der Waals surface area contributed by atoms with Gasteiger partial charge in [0.2, 0.25) is 5.96 Å². The molecule has 0 fully saturated rings. The van der Waals surface area contributed by atoms with Crippen LogP contribution in [0.2, 0.25) is 0 Å². The Balaban J connectivity index is 2.23. The van der Waals surface area contributed by atoms with E-state index < -0.39 is 0 Å². The van der Waals surface area contributed by atoms with Crippen LogP contribution in [-0.2, 0) is 6.54 Å². The van der Waals surface area contributed by atoms with E-state index in [1.165, 1.54) is 6.39 Å². The summed E-state index contributed by atoms with van der Waals surface area (Å²) < 4.78 is 5.19. The van der Waals surface area contributed by atoms with E-state index in [9.17, 15) is 0 Å². The van der Waals surface area contributed by atoms with Gasteiger partial charge >= 0.3 is 0 Å². The Labute approximate surface area is 106 Å². The number of hydrogen-bond acceptors (Lipinski definition) is 5. The van der Waals surface area contributed by atoms with Gasteiger partial charge in [-0.1, -0.05) is 0 Å². The van der Waals surface area contributed by atoms with Gasteiger partial charge in [-0.3, -0.25) is 10.3 Å². The molecule has 1 rings (SSSR count). The van der Waals surface area contributed by atoms with Gasteiger partial charge in [0.25, 0.3) is 0 Å². The highest BCUT2D eigenvalue weighted by Crippen LogP contribution is 2.03. The van der Waals surface area contributed by atoms with E-state index in [4.69, 9.17) is 9.68 Å². The van der Waals surface area contributed by atoms with E-state index in [0.29, 0.717) is 25.6 Å². The molecule has 1 heterocycles. The monoisotopic (exact) mass is 250 g/mol. The number of aliphatic imine (C=N–C) groups is 1. The van der Waals surface area contributed by atoms with Gasteiger partial charge in [-0.2, -0.15) is 5.26 Å². The normalized spacial score (nSPS) is 11.1. The van der Waals surface area contributed by atoms with Gasteiger partial charge < -0.3 is 15.1 Å². The molecule has 0 aliphatic rings. The van der Waals surface area contributed by atoms with E-state index in [0.717, 1.165) is 18.0 Å². The highest BCUT2D eigenvalue weighted by molar-refractivity contribution is 5.81. The number of rotatable bonds is 6. The van der Waals surface area contributed by atoms with Crippen LogP contribution in [0.3, 0.4) is 0 Å². The molecule has 0 spiro atoms. The number of nitriles is 1. The first kappa shape index (κ1) is 14.0. The number of aryl methyl sites for hydroxylation is 1. The van der Waals surface area contributed by atoms with Crippen molar-refractivity contribution in [3.8, 4) is 6.19 Å². The standard InChI is InChI=1S/C11H18N6O/c1-3-14-11(16-7-12)15-5-4-13-6-10-9(2)17-8-18-10/h8,13H,3-6H2,1-2H3,(H2,14,15,16). The van der Waals surface area contributed by atoms with Gasteiger partial charge in [-0.05, 0) is 13.8 Å². The van der Waals surface area contributed by atoms with Crippen molar-refractivity contribution in [1.82, 2.24) is 20.9 Å². The lowest BCUT2D eigenvalue weighted by Crippen LogP contribution is -2.35. The Bertz CT molecular complexity index is 419. The van der Waals surface area contributed by atoms with Crippen LogP contribution < -0.4 is 16.0 Å². The summed E-state index contributed by atoms with van der Waals surface area (Å²) in [6, 6.07) is 0. The maximum Gasteiger partial charge on any atom is 0.204 e. The Hall–Kier alpha value is -2.07. The second kappa shape index (κ2) is 8.08. The minimum absolute atomic E-state index is 0.498. The zero-order valence-corrected chi connectivity index (χ0v) is 10.7. The summed E-state index contributed by atoms with van der Waals surface area (Å²) in [6.45, 7) is 6.46. The van der Waals surface area contributed by atoms with Crippen LogP contribution in [0.1, 0.15) is 18.4 Å². The SMILES string of the molecule is CCNC(=NCCNCc1ocnc1C)NC#N. The van der Waals surface area contributed by atoms with Crippen LogP contribution in [0, 0.1) is 18.4 Å². The lowest BCUT2D eigenvalue weighted by molar-refractivity contribution is 0.479. The molecule has 0 radical (unpaired) electrons. The zero-order valence-electron chi connectivity index (χ0n) is 10.7. The van der Waals surface area contributed by atoms with Crippen LogP contribution in [0.5, 0.6) is 0 Å². The maximum absolute atomic E-state index is 8.50. The van der Waals surface area contributed by atoms with Gasteiger partial charge in [0.1, 0.15) is 5.76 Å². The van der Waals surface area contributed by atoms with Crippen LogP contribution in [0.4, 0.5) is 0 Å². The molecule has 0 unspecified atom stereocenters. The molecule has 0 bridgehead atoms. The molecular formula is C11H18N6O. The summed E-state index contributed by atoms with van der Waals surface area (Å²) in [5, 5.41) is 17.1. The number of oxazole rings is 1. The zero-order chi connectivity index (χ0) is 13.2. The predicted octanol–water partition coefficient (Wildman–Crippen LogP) is 0.109. The maximum atomic E-state index is 8.50. The molecule has 0 amide bonds. The van der Waals surface area contributed by atoms with Gasteiger partial charge in [0, 0.05) is 13.1 Å². The average molecular weight is 250 g/mol. The highest BCUT2D eigenvalue weighted by atomic mass is 16.3. The van der Waals surface area contributed by atoms with Crippen LogP contribution in [0.25, 0.3) is 0 Å². The van der Waals surface area contributed by atoms with Crippen molar-refractivity contribution in [2.75, 3.05) is 19.6 Å². The molecular weight excluding hydrogens is 232 g/mol. The van der Waals surface area contributed by atoms with E-state index in [-0.39, 0.29) is 0 Å². The average Bonchev–Trinajstić information content (AvgIpc) is 2.75. The van der Waals surface area contributed by atoms with E-state index in [1.807, 2.05) is 20.0 Å². The quantitative estimate of drug-likeness (QED) is 0.218. The van der Waals surface area contributed by atoms with Crippen LogP contribution in [0.15, 0.2) is 15.8 Å². The van der Waals surface area contributed by atoms with Gasteiger partial charge in [0.05, 0.1) is 18.8 Å². The Morgan fingerprint density at radius 2 is 2.44 bits per heavy atom. The van der Waals surface area contributed by atoms with Crippen molar-refractivity contribution < 1.29 is 4.42 Å². The Morgan fingerprint density at radius 3 is 3.06 bits per heavy atom. The van der Waals surface area contributed by atoms with E-state index in [2.05, 4.69) is 25.9 Å². The molecule has 0 aliphatic heterocycles. The number of nitrogens with zero attached hydrogens (tertiary/aromatic N) is 3. The lowest BCUT2D eigenvalue weighted by Gasteiger charge is -2.05. The minimum atomic E-state index is 0.498. The predicted molar refractivity (Wildman–Crippen MR) is 67.7 cm³/mol. The fourth-order valence-electron chi connectivity index (χ4n) is 1.30. The third kappa shape index (κ3) is 4.84. The molecule has 7 heteroatoms. The smallest absolute Gasteiger partial charge is 0.204 e. The fraction of sp³-hybridized carbons (Fsp3) is 0.545. The number of aromatic nitrogens is 1. The Morgan fingerprint density at radius 1 is 1.61 bits per heavy atom. The van der Waals surface area contributed by atoms with Crippen molar-refractivity contribution >= 4 is 5.96 Å². The summed E-state index contributed by atoms with van der Waals surface area (Å²) in [4.78, 5) is 8.21. The van der Waals surface area contributed by atoms with Crippen molar-refractivity contribution in [2.24, 2.45) is 4.99 Å². The molecule has 1 aromatic heterocycles. The molecule has 0 aliphatic carbocycles. The first-order valence-electron chi connectivity index (χ1n) is 5.81. The topological polar surface area (TPSA) is 98.3 Å². The number of hydrogen-bond donors (Lipinski definition) is 3. The summed E-state index contributed by atoms with van der Waals surface area (Å²) in [5.41, 5.74) is 0.894. The second-order valence-corrected chi connectivity index (χ2v) is 3.54. The molecule has 3 N–H and O–H groups in total. The van der Waals surface area contributed by atoms with Crippen molar-refractivity contribution in [3.63, 3.8) is 0 Å². The minimum Gasteiger partial charge on any atom is -0.447 e. The molecule has 0 aromatic carbocycles. The van der Waals surface area contributed by atoms with E-state index >= 15 is 0 Å². The lowest BCUT2D eigenvalue weighted by atomic mass is 10.3. The summed E-state index contributed by atoms with van der Waals surface area (Å²) in [7, 11) is 0. The third-order valence-corrected chi connectivity index (χ3v) is 2.21. The molecule has 98 valence electrons.